The number of rotatable bonds is 21. The Kier molecular flexibility index (Phi) is 15.0. The molecule has 4 heterocycles. The van der Waals surface area contributed by atoms with E-state index in [0.717, 1.165) is 31.4 Å². The number of aliphatic hydroxyl groups is 1. The Labute approximate surface area is 318 Å². The first-order valence-electron chi connectivity index (χ1n) is 19.2. The third-order valence-electron chi connectivity index (χ3n) is 10.2. The molecular weight excluding hydrogens is 720 g/mol. The fourth-order valence-corrected chi connectivity index (χ4v) is 7.06. The summed E-state index contributed by atoms with van der Waals surface area (Å²) in [6.07, 6.45) is 12.6. The number of halogens is 4. The predicted octanol–water partition coefficient (Wildman–Crippen LogP) is 7.30. The molecule has 0 aliphatic carbocycles. The van der Waals surface area contributed by atoms with Crippen molar-refractivity contribution in [3.05, 3.63) is 54.2 Å². The fourth-order valence-electron chi connectivity index (χ4n) is 7.06. The lowest BCUT2D eigenvalue weighted by Gasteiger charge is -2.44. The van der Waals surface area contributed by atoms with E-state index in [1.54, 1.807) is 15.5 Å². The van der Waals surface area contributed by atoms with E-state index in [9.17, 15) is 18.7 Å². The fraction of sp³-hybridized carbons (Fsp3) is 0.564. The molecule has 0 spiro atoms. The van der Waals surface area contributed by atoms with Crippen LogP contribution in [0.4, 0.5) is 29.1 Å². The Balaban J connectivity index is 1.23. The van der Waals surface area contributed by atoms with Crippen molar-refractivity contribution in [2.45, 2.75) is 121 Å². The number of hydrogen-bond acceptors (Lipinski definition) is 11. The van der Waals surface area contributed by atoms with Crippen molar-refractivity contribution in [1.29, 1.82) is 0 Å². The molecule has 4 aromatic rings. The van der Waals surface area contributed by atoms with Gasteiger partial charge in [-0.15, -0.1) is 0 Å². The van der Waals surface area contributed by atoms with Crippen LogP contribution in [0.5, 0.6) is 5.75 Å². The van der Waals surface area contributed by atoms with Gasteiger partial charge in [-0.25, -0.2) is 32.5 Å². The molecule has 16 heteroatoms. The molecule has 12 nitrogen and oxygen atoms in total. The Morgan fingerprint density at radius 1 is 0.964 bits per heavy atom. The molecule has 0 unspecified atom stereocenters. The van der Waals surface area contributed by atoms with Gasteiger partial charge in [-0.2, -0.15) is 0 Å². The van der Waals surface area contributed by atoms with E-state index in [2.05, 4.69) is 26.9 Å². The highest BCUT2D eigenvalue weighted by Crippen LogP contribution is 2.35. The minimum atomic E-state index is -3.04. The van der Waals surface area contributed by atoms with Crippen LogP contribution in [-0.4, -0.2) is 73.5 Å². The number of fused-ring (bicyclic) bond motifs is 1. The highest BCUT2D eigenvalue weighted by Gasteiger charge is 2.43. The normalized spacial score (nSPS) is 16.5. The lowest BCUT2D eigenvalue weighted by molar-refractivity contribution is -0.150. The Hall–Kier alpha value is -4.57. The summed E-state index contributed by atoms with van der Waals surface area (Å²) in [6.45, 7) is 2.05. The molecule has 5 rings (SSSR count). The van der Waals surface area contributed by atoms with Crippen molar-refractivity contribution in [2.75, 3.05) is 30.5 Å². The molecule has 1 fully saturated rings. The molecule has 0 amide bonds. The van der Waals surface area contributed by atoms with Crippen LogP contribution in [0.15, 0.2) is 37.1 Å². The van der Waals surface area contributed by atoms with Gasteiger partial charge in [-0.1, -0.05) is 71.1 Å². The topological polar surface area (TPSA) is 168 Å². The zero-order valence-electron chi connectivity index (χ0n) is 31.4. The first-order chi connectivity index (χ1) is 26.5. The summed E-state index contributed by atoms with van der Waals surface area (Å²) in [5.74, 6) is -2.49. The quantitative estimate of drug-likeness (QED) is 0.0337. The van der Waals surface area contributed by atoms with Gasteiger partial charge < -0.3 is 35.5 Å². The standard InChI is InChI=1S/C39H52F4N8O4/c1-2-3-4-5-6-7-8-9-10-11-12-14-33(52)55-25-54-32-19-28(40)27(18-29(32)41)30-17-26(21-51-24-49-34-37(44)47-23-48-38(34)51)31(20-46-30)50-16-13-15-39(45,22-50)35(53)36(42)43/h17-20,23-24,35-36,53H,2-16,21-22,25,45H2,1H3,(H2,44,47,48)/t35-,39-/m1/s1. The third-order valence-corrected chi connectivity index (χ3v) is 10.2. The smallest absolute Gasteiger partial charge is 0.308 e. The van der Waals surface area contributed by atoms with E-state index >= 15 is 8.78 Å². The van der Waals surface area contributed by atoms with Gasteiger partial charge in [0.2, 0.25) is 6.79 Å². The molecule has 0 radical (unpaired) electrons. The second-order valence-corrected chi connectivity index (χ2v) is 14.4. The van der Waals surface area contributed by atoms with Gasteiger partial charge in [0, 0.05) is 31.1 Å². The van der Waals surface area contributed by atoms with Gasteiger partial charge in [0.05, 0.1) is 36.0 Å². The maximum absolute atomic E-state index is 15.6. The molecule has 5 N–H and O–H groups in total. The number of nitrogens with two attached hydrogens (primary N) is 2. The minimum absolute atomic E-state index is 0.0716. The molecule has 0 saturated carbocycles. The number of carbonyl (C=O) groups is 1. The van der Waals surface area contributed by atoms with E-state index in [-0.39, 0.29) is 43.0 Å². The molecule has 1 saturated heterocycles. The minimum Gasteiger partial charge on any atom is -0.454 e. The number of piperidine rings is 1. The molecule has 0 bridgehead atoms. The SMILES string of the molecule is CCCCCCCCCCCCCC(=O)OCOc1cc(F)c(-c2cc(Cn3cnc4c(N)ncnc43)c(N3CCC[C@](N)([C@H](O)C(F)F)C3)cn2)cc1F. The van der Waals surface area contributed by atoms with Crippen LogP contribution in [-0.2, 0) is 16.1 Å². The average molecular weight is 773 g/mol. The molecule has 1 aliphatic heterocycles. The summed E-state index contributed by atoms with van der Waals surface area (Å²) in [7, 11) is 0. The highest BCUT2D eigenvalue weighted by molar-refractivity contribution is 5.81. The number of hydrogen-bond donors (Lipinski definition) is 3. The maximum Gasteiger partial charge on any atom is 0.308 e. The Morgan fingerprint density at radius 2 is 1.67 bits per heavy atom. The number of alkyl halides is 2. The van der Waals surface area contributed by atoms with Crippen LogP contribution in [0.25, 0.3) is 22.4 Å². The number of unbranched alkanes of at least 4 members (excludes halogenated alkanes) is 10. The average Bonchev–Trinajstić information content (AvgIpc) is 3.58. The molecule has 2 atom stereocenters. The lowest BCUT2D eigenvalue weighted by atomic mass is 9.84. The number of anilines is 2. The monoisotopic (exact) mass is 772 g/mol. The number of ether oxygens (including phenoxy) is 2. The number of pyridine rings is 1. The van der Waals surface area contributed by atoms with Crippen molar-refractivity contribution in [3.8, 4) is 17.0 Å². The van der Waals surface area contributed by atoms with E-state index in [1.165, 1.54) is 63.8 Å². The zero-order chi connectivity index (χ0) is 39.4. The highest BCUT2D eigenvalue weighted by atomic mass is 19.3. The maximum atomic E-state index is 15.6. The summed E-state index contributed by atoms with van der Waals surface area (Å²) in [5, 5.41) is 10.3. The molecule has 1 aliphatic rings. The number of nitrogen functional groups attached to an aromatic ring is 1. The number of esters is 1. The van der Waals surface area contributed by atoms with E-state index in [4.69, 9.17) is 20.9 Å². The summed E-state index contributed by atoms with van der Waals surface area (Å²) in [6, 6.07) is 3.35. The second kappa shape index (κ2) is 19.8. The summed E-state index contributed by atoms with van der Waals surface area (Å²) in [5.41, 5.74) is 12.4. The Bertz CT molecular complexity index is 1860. The molecule has 300 valence electrons. The van der Waals surface area contributed by atoms with Gasteiger partial charge in [-0.05, 0) is 37.0 Å². The van der Waals surface area contributed by atoms with Crippen molar-refractivity contribution >= 4 is 28.6 Å². The van der Waals surface area contributed by atoms with Gasteiger partial charge in [0.15, 0.2) is 23.0 Å². The Morgan fingerprint density at radius 3 is 2.38 bits per heavy atom. The van der Waals surface area contributed by atoms with Gasteiger partial charge in [-0.3, -0.25) is 9.78 Å². The van der Waals surface area contributed by atoms with E-state index in [1.807, 2.05) is 0 Å². The van der Waals surface area contributed by atoms with Crippen molar-refractivity contribution in [3.63, 3.8) is 0 Å². The molecular formula is C39H52F4N8O4. The number of aromatic nitrogens is 5. The number of aliphatic hydroxyl groups excluding tert-OH is 1. The number of benzene rings is 1. The van der Waals surface area contributed by atoms with Crippen LogP contribution in [0.3, 0.4) is 0 Å². The van der Waals surface area contributed by atoms with E-state index in [0.29, 0.717) is 41.8 Å². The van der Waals surface area contributed by atoms with Crippen LogP contribution in [0.1, 0.15) is 102 Å². The van der Waals surface area contributed by atoms with Gasteiger partial charge in [0.25, 0.3) is 6.43 Å². The largest absolute Gasteiger partial charge is 0.454 e. The van der Waals surface area contributed by atoms with Crippen molar-refractivity contribution < 1.29 is 36.9 Å². The first kappa shape index (κ1) is 41.6. The molecule has 1 aromatic carbocycles. The number of carbonyl (C=O) groups excluding carboxylic acids is 1. The number of nitrogens with zero attached hydrogens (tertiary/aromatic N) is 6. The third kappa shape index (κ3) is 11.0. The molecule has 55 heavy (non-hydrogen) atoms. The summed E-state index contributed by atoms with van der Waals surface area (Å²) in [4.78, 5) is 30.9. The zero-order valence-corrected chi connectivity index (χ0v) is 31.4. The van der Waals surface area contributed by atoms with Crippen LogP contribution in [0, 0.1) is 11.6 Å². The van der Waals surface area contributed by atoms with Crippen LogP contribution < -0.4 is 21.1 Å². The lowest BCUT2D eigenvalue weighted by Crippen LogP contribution is -2.63. The van der Waals surface area contributed by atoms with Crippen molar-refractivity contribution in [1.82, 2.24) is 24.5 Å². The summed E-state index contributed by atoms with van der Waals surface area (Å²) >= 11 is 0. The van der Waals surface area contributed by atoms with Gasteiger partial charge >= 0.3 is 5.97 Å². The predicted molar refractivity (Wildman–Crippen MR) is 201 cm³/mol. The second-order valence-electron chi connectivity index (χ2n) is 14.4. The summed E-state index contributed by atoms with van der Waals surface area (Å²) < 4.78 is 70.1. The van der Waals surface area contributed by atoms with Gasteiger partial charge in [0.1, 0.15) is 23.8 Å². The van der Waals surface area contributed by atoms with E-state index < -0.39 is 48.2 Å². The molecule has 3 aromatic heterocycles. The number of imidazole rings is 1. The first-order valence-corrected chi connectivity index (χ1v) is 19.2. The van der Waals surface area contributed by atoms with Crippen LogP contribution >= 0.6 is 0 Å². The van der Waals surface area contributed by atoms with Crippen LogP contribution in [0.2, 0.25) is 0 Å². The van der Waals surface area contributed by atoms with Crippen molar-refractivity contribution in [2.24, 2.45) is 5.73 Å².